The summed E-state index contributed by atoms with van der Waals surface area (Å²) in [6.45, 7) is 2.58. The second kappa shape index (κ2) is 4.40. The fourth-order valence-electron chi connectivity index (χ4n) is 1.39. The van der Waals surface area contributed by atoms with E-state index in [9.17, 15) is 23.7 Å². The van der Waals surface area contributed by atoms with Crippen molar-refractivity contribution in [1.82, 2.24) is 0 Å². The van der Waals surface area contributed by atoms with Crippen LogP contribution in [-0.4, -0.2) is 28.3 Å². The van der Waals surface area contributed by atoms with Crippen molar-refractivity contribution in [3.8, 4) is 17.2 Å². The van der Waals surface area contributed by atoms with E-state index in [1.807, 2.05) is 0 Å². The fourth-order valence-corrected chi connectivity index (χ4v) is 1.85. The van der Waals surface area contributed by atoms with Gasteiger partial charge in [-0.25, -0.2) is 4.18 Å². The Kier molecular flexibility index (Phi) is 3.51. The van der Waals surface area contributed by atoms with Crippen LogP contribution in [0.2, 0.25) is 0 Å². The summed E-state index contributed by atoms with van der Waals surface area (Å²) in [5.74, 6) is -1.39. The van der Waals surface area contributed by atoms with Crippen LogP contribution in [0.3, 0.4) is 0 Å². The average Bonchev–Trinajstić information content (AvgIpc) is 2.11. The Hall–Kier alpha value is -1.51. The molecule has 17 heavy (non-hydrogen) atoms. The van der Waals surface area contributed by atoms with Gasteiger partial charge >= 0.3 is 10.4 Å². The van der Waals surface area contributed by atoms with Gasteiger partial charge in [0.25, 0.3) is 0 Å². The zero-order chi connectivity index (χ0) is 13.4. The molecule has 0 aliphatic rings. The normalized spacial score (nSPS) is 13.6. The Morgan fingerprint density at radius 3 is 2.24 bits per heavy atom. The molecular weight excluding hydrogens is 252 g/mol. The lowest BCUT2D eigenvalue weighted by atomic mass is 10.0. The van der Waals surface area contributed by atoms with E-state index in [1.165, 1.54) is 13.8 Å². The molecule has 0 saturated heterocycles. The molecule has 0 fully saturated rings. The highest BCUT2D eigenvalue weighted by atomic mass is 32.3. The third-order valence-corrected chi connectivity index (χ3v) is 2.75. The molecule has 0 saturated carbocycles. The molecule has 0 radical (unpaired) electrons. The third-order valence-electron chi connectivity index (χ3n) is 2.22. The van der Waals surface area contributed by atoms with Crippen LogP contribution in [0.15, 0.2) is 6.07 Å². The summed E-state index contributed by atoms with van der Waals surface area (Å²) in [6, 6.07) is 0.939. The van der Waals surface area contributed by atoms with Crippen molar-refractivity contribution < 1.29 is 32.5 Å². The largest absolute Gasteiger partial charge is 0.507 e. The van der Waals surface area contributed by atoms with Crippen molar-refractivity contribution in [2.45, 2.75) is 20.0 Å². The van der Waals surface area contributed by atoms with Gasteiger partial charge in [0.2, 0.25) is 0 Å². The molecule has 0 spiro atoms. The Bertz CT molecular complexity index is 535. The first-order chi connectivity index (χ1) is 7.63. The van der Waals surface area contributed by atoms with Crippen molar-refractivity contribution in [2.24, 2.45) is 0 Å². The van der Waals surface area contributed by atoms with Crippen LogP contribution < -0.4 is 0 Å². The lowest BCUT2D eigenvalue weighted by Crippen LogP contribution is -2.08. The Morgan fingerprint density at radius 2 is 1.76 bits per heavy atom. The molecule has 1 unspecified atom stereocenters. The maximum atomic E-state index is 10.5. The smallest absolute Gasteiger partial charge is 0.397 e. The Labute approximate surface area is 97.9 Å². The van der Waals surface area contributed by atoms with Crippen LogP contribution in [0, 0.1) is 6.92 Å². The first-order valence-electron chi connectivity index (χ1n) is 4.53. The van der Waals surface area contributed by atoms with Crippen LogP contribution in [0.1, 0.15) is 24.2 Å². The van der Waals surface area contributed by atoms with Gasteiger partial charge in [-0.05, 0) is 13.8 Å². The van der Waals surface area contributed by atoms with Crippen LogP contribution >= 0.6 is 0 Å². The SMILES string of the molecule is Cc1c(O)cc(O)c(C(C)OS(=O)(=O)O)c1O. The predicted molar refractivity (Wildman–Crippen MR) is 57.2 cm³/mol. The van der Waals surface area contributed by atoms with Gasteiger partial charge < -0.3 is 15.3 Å². The first kappa shape index (κ1) is 13.6. The molecule has 0 heterocycles. The van der Waals surface area contributed by atoms with Crippen LogP contribution in [-0.2, 0) is 14.6 Å². The topological polar surface area (TPSA) is 124 Å². The van der Waals surface area contributed by atoms with Crippen molar-refractivity contribution in [1.29, 1.82) is 0 Å². The predicted octanol–water partition coefficient (Wildman–Crippen LogP) is 0.992. The minimum atomic E-state index is -4.71. The van der Waals surface area contributed by atoms with Gasteiger partial charge in [-0.1, -0.05) is 0 Å². The fraction of sp³-hybridized carbons (Fsp3) is 0.333. The van der Waals surface area contributed by atoms with Gasteiger partial charge in [0.15, 0.2) is 0 Å². The van der Waals surface area contributed by atoms with Gasteiger partial charge in [0.05, 0.1) is 5.56 Å². The average molecular weight is 264 g/mol. The molecular formula is C9H12O7S. The van der Waals surface area contributed by atoms with E-state index < -0.39 is 28.0 Å². The summed E-state index contributed by atoms with van der Waals surface area (Å²) < 4.78 is 33.7. The summed E-state index contributed by atoms with van der Waals surface area (Å²) in [5.41, 5.74) is -0.179. The molecule has 7 nitrogen and oxygen atoms in total. The van der Waals surface area contributed by atoms with Crippen LogP contribution in [0.25, 0.3) is 0 Å². The second-order valence-electron chi connectivity index (χ2n) is 3.47. The number of benzene rings is 1. The zero-order valence-electron chi connectivity index (χ0n) is 9.08. The highest BCUT2D eigenvalue weighted by molar-refractivity contribution is 7.80. The van der Waals surface area contributed by atoms with Gasteiger partial charge in [0.1, 0.15) is 23.4 Å². The van der Waals surface area contributed by atoms with Gasteiger partial charge in [-0.2, -0.15) is 8.42 Å². The molecule has 1 rings (SSSR count). The Balaban J connectivity index is 3.27. The monoisotopic (exact) mass is 264 g/mol. The molecule has 1 atom stereocenters. The molecule has 0 amide bonds. The van der Waals surface area contributed by atoms with Crippen molar-refractivity contribution in [3.63, 3.8) is 0 Å². The van der Waals surface area contributed by atoms with E-state index in [0.717, 1.165) is 6.07 Å². The molecule has 0 aliphatic carbocycles. The summed E-state index contributed by atoms with van der Waals surface area (Å²) in [4.78, 5) is 0. The first-order valence-corrected chi connectivity index (χ1v) is 5.90. The lowest BCUT2D eigenvalue weighted by molar-refractivity contribution is 0.193. The van der Waals surface area contributed by atoms with E-state index in [0.29, 0.717) is 0 Å². The second-order valence-corrected chi connectivity index (χ2v) is 4.52. The number of hydrogen-bond acceptors (Lipinski definition) is 6. The maximum Gasteiger partial charge on any atom is 0.397 e. The Morgan fingerprint density at radius 1 is 1.24 bits per heavy atom. The minimum Gasteiger partial charge on any atom is -0.507 e. The van der Waals surface area contributed by atoms with Crippen LogP contribution in [0.5, 0.6) is 17.2 Å². The number of phenolic OH excluding ortho intramolecular Hbond substituents is 3. The zero-order valence-corrected chi connectivity index (χ0v) is 9.89. The number of rotatable bonds is 3. The van der Waals surface area contributed by atoms with Crippen molar-refractivity contribution in [2.75, 3.05) is 0 Å². The molecule has 1 aromatic rings. The molecule has 0 bridgehead atoms. The number of aromatic hydroxyl groups is 3. The van der Waals surface area contributed by atoms with Gasteiger partial charge in [-0.15, -0.1) is 0 Å². The highest BCUT2D eigenvalue weighted by Gasteiger charge is 2.23. The van der Waals surface area contributed by atoms with E-state index in [-0.39, 0.29) is 16.9 Å². The molecule has 8 heteroatoms. The molecule has 0 aromatic heterocycles. The van der Waals surface area contributed by atoms with Crippen molar-refractivity contribution >= 4 is 10.4 Å². The summed E-state index contributed by atoms with van der Waals surface area (Å²) in [5, 5.41) is 28.4. The van der Waals surface area contributed by atoms with E-state index >= 15 is 0 Å². The standard InChI is InChI=1S/C9H12O7S/c1-4-6(10)3-7(11)8(9(4)12)5(2)16-17(13,14)15/h3,5,10-12H,1-2H3,(H,13,14,15). The third kappa shape index (κ3) is 2.99. The van der Waals surface area contributed by atoms with Gasteiger partial charge in [0, 0.05) is 11.6 Å². The summed E-state index contributed by atoms with van der Waals surface area (Å²) in [6.07, 6.45) is -1.30. The lowest BCUT2D eigenvalue weighted by Gasteiger charge is -2.16. The summed E-state index contributed by atoms with van der Waals surface area (Å²) >= 11 is 0. The van der Waals surface area contributed by atoms with E-state index in [2.05, 4.69) is 4.18 Å². The molecule has 96 valence electrons. The summed E-state index contributed by atoms with van der Waals surface area (Å²) in [7, 11) is -4.71. The number of phenols is 3. The van der Waals surface area contributed by atoms with Gasteiger partial charge in [-0.3, -0.25) is 4.55 Å². The van der Waals surface area contributed by atoms with E-state index in [1.54, 1.807) is 0 Å². The number of hydrogen-bond donors (Lipinski definition) is 4. The highest BCUT2D eigenvalue weighted by Crippen LogP contribution is 2.41. The van der Waals surface area contributed by atoms with Crippen molar-refractivity contribution in [3.05, 3.63) is 17.2 Å². The van der Waals surface area contributed by atoms with E-state index in [4.69, 9.17) is 4.55 Å². The molecule has 0 aliphatic heterocycles. The van der Waals surface area contributed by atoms with Crippen LogP contribution in [0.4, 0.5) is 0 Å². The minimum absolute atomic E-state index is 0.0589. The molecule has 1 aromatic carbocycles. The maximum absolute atomic E-state index is 10.5. The molecule has 4 N–H and O–H groups in total. The quantitative estimate of drug-likeness (QED) is 0.600.